The summed E-state index contributed by atoms with van der Waals surface area (Å²) in [5, 5.41) is 17.2. The second kappa shape index (κ2) is 5.50. The molecule has 0 spiro atoms. The maximum absolute atomic E-state index is 12.1. The standard InChI is InChI=1S/C14H19N3O3/c1-4-17-11(8-10(2)16-17)13(18)15-9-14(3,19)12-6-5-7-20-12/h5-8,19H,4,9H2,1-3H3,(H,15,18). The molecule has 0 fully saturated rings. The highest BCUT2D eigenvalue weighted by Gasteiger charge is 2.27. The summed E-state index contributed by atoms with van der Waals surface area (Å²) >= 11 is 0. The number of aromatic nitrogens is 2. The minimum absolute atomic E-state index is 0.0628. The van der Waals surface area contributed by atoms with Crippen LogP contribution in [0, 0.1) is 6.92 Å². The minimum atomic E-state index is -1.24. The van der Waals surface area contributed by atoms with E-state index >= 15 is 0 Å². The second-order valence-electron chi connectivity index (χ2n) is 4.92. The molecule has 0 bridgehead atoms. The van der Waals surface area contributed by atoms with Gasteiger partial charge in [0.2, 0.25) is 0 Å². The van der Waals surface area contributed by atoms with Gasteiger partial charge in [-0.1, -0.05) is 0 Å². The van der Waals surface area contributed by atoms with E-state index in [0.29, 0.717) is 18.0 Å². The molecule has 0 aliphatic rings. The number of carbonyl (C=O) groups is 1. The van der Waals surface area contributed by atoms with Crippen molar-refractivity contribution in [1.29, 1.82) is 0 Å². The topological polar surface area (TPSA) is 80.3 Å². The Morgan fingerprint density at radius 1 is 1.60 bits per heavy atom. The molecule has 6 nitrogen and oxygen atoms in total. The van der Waals surface area contributed by atoms with Crippen LogP contribution in [0.5, 0.6) is 0 Å². The van der Waals surface area contributed by atoms with Gasteiger partial charge >= 0.3 is 0 Å². The van der Waals surface area contributed by atoms with Crippen molar-refractivity contribution in [2.24, 2.45) is 0 Å². The first kappa shape index (κ1) is 14.3. The summed E-state index contributed by atoms with van der Waals surface area (Å²) in [6.07, 6.45) is 1.49. The van der Waals surface area contributed by atoms with Crippen molar-refractivity contribution in [1.82, 2.24) is 15.1 Å². The fourth-order valence-electron chi connectivity index (χ4n) is 1.98. The summed E-state index contributed by atoms with van der Waals surface area (Å²) in [7, 11) is 0. The molecule has 0 aliphatic carbocycles. The third kappa shape index (κ3) is 2.91. The number of nitrogens with one attached hydrogen (secondary N) is 1. The minimum Gasteiger partial charge on any atom is -0.466 e. The normalized spacial score (nSPS) is 14.0. The van der Waals surface area contributed by atoms with Gasteiger partial charge in [0, 0.05) is 6.54 Å². The van der Waals surface area contributed by atoms with Crippen molar-refractivity contribution in [3.8, 4) is 0 Å². The lowest BCUT2D eigenvalue weighted by molar-refractivity contribution is 0.0328. The van der Waals surface area contributed by atoms with Crippen molar-refractivity contribution in [2.75, 3.05) is 6.54 Å². The fraction of sp³-hybridized carbons (Fsp3) is 0.429. The van der Waals surface area contributed by atoms with Crippen molar-refractivity contribution in [3.63, 3.8) is 0 Å². The van der Waals surface area contributed by atoms with E-state index < -0.39 is 5.60 Å². The quantitative estimate of drug-likeness (QED) is 0.866. The van der Waals surface area contributed by atoms with Gasteiger partial charge in [0.15, 0.2) is 0 Å². The van der Waals surface area contributed by atoms with Gasteiger partial charge in [-0.15, -0.1) is 0 Å². The number of nitrogens with zero attached hydrogens (tertiary/aromatic N) is 2. The largest absolute Gasteiger partial charge is 0.466 e. The van der Waals surface area contributed by atoms with Crippen LogP contribution in [0.25, 0.3) is 0 Å². The molecule has 0 saturated heterocycles. The first-order valence-electron chi connectivity index (χ1n) is 6.53. The molecule has 0 aromatic carbocycles. The van der Waals surface area contributed by atoms with Gasteiger partial charge in [0.05, 0.1) is 18.5 Å². The molecule has 2 aromatic rings. The number of rotatable bonds is 5. The molecule has 6 heteroatoms. The summed E-state index contributed by atoms with van der Waals surface area (Å²) in [6.45, 7) is 6.02. The molecule has 0 saturated carbocycles. The highest BCUT2D eigenvalue weighted by molar-refractivity contribution is 5.92. The van der Waals surface area contributed by atoms with Crippen molar-refractivity contribution >= 4 is 5.91 Å². The predicted molar refractivity (Wildman–Crippen MR) is 73.3 cm³/mol. The Kier molecular flexibility index (Phi) is 3.94. The number of aliphatic hydroxyl groups is 1. The molecular weight excluding hydrogens is 258 g/mol. The second-order valence-corrected chi connectivity index (χ2v) is 4.92. The average Bonchev–Trinajstić information content (AvgIpc) is 3.05. The Bertz CT molecular complexity index is 585. The lowest BCUT2D eigenvalue weighted by atomic mass is 10.0. The molecule has 0 aliphatic heterocycles. The van der Waals surface area contributed by atoms with E-state index in [1.54, 1.807) is 29.8 Å². The lowest BCUT2D eigenvalue weighted by Crippen LogP contribution is -2.39. The van der Waals surface area contributed by atoms with Gasteiger partial charge in [-0.3, -0.25) is 9.48 Å². The third-order valence-electron chi connectivity index (χ3n) is 3.08. The van der Waals surface area contributed by atoms with E-state index in [1.165, 1.54) is 6.26 Å². The lowest BCUT2D eigenvalue weighted by Gasteiger charge is -2.21. The smallest absolute Gasteiger partial charge is 0.269 e. The SMILES string of the molecule is CCn1nc(C)cc1C(=O)NCC(C)(O)c1ccco1. The van der Waals surface area contributed by atoms with Crippen molar-refractivity contribution < 1.29 is 14.3 Å². The van der Waals surface area contributed by atoms with Gasteiger partial charge < -0.3 is 14.8 Å². The molecule has 1 atom stereocenters. The Balaban J connectivity index is 2.05. The third-order valence-corrected chi connectivity index (χ3v) is 3.08. The Hall–Kier alpha value is -2.08. The molecule has 2 N–H and O–H groups in total. The van der Waals surface area contributed by atoms with Crippen LogP contribution in [0.4, 0.5) is 0 Å². The molecule has 1 amide bonds. The zero-order chi connectivity index (χ0) is 14.8. The van der Waals surface area contributed by atoms with Crippen LogP contribution in [0.1, 0.15) is 35.8 Å². The molecule has 0 radical (unpaired) electrons. The fourth-order valence-corrected chi connectivity index (χ4v) is 1.98. The van der Waals surface area contributed by atoms with Gasteiger partial charge in [-0.2, -0.15) is 5.10 Å². The van der Waals surface area contributed by atoms with Crippen LogP contribution in [0.2, 0.25) is 0 Å². The van der Waals surface area contributed by atoms with E-state index in [2.05, 4.69) is 10.4 Å². The maximum Gasteiger partial charge on any atom is 0.269 e. The first-order chi connectivity index (χ1) is 9.44. The van der Waals surface area contributed by atoms with E-state index in [1.807, 2.05) is 13.8 Å². The summed E-state index contributed by atoms with van der Waals surface area (Å²) in [4.78, 5) is 12.1. The predicted octanol–water partition coefficient (Wildman–Crippen LogP) is 1.44. The van der Waals surface area contributed by atoms with Crippen LogP contribution in [0.15, 0.2) is 28.9 Å². The molecule has 1 unspecified atom stereocenters. The number of aryl methyl sites for hydroxylation is 2. The summed E-state index contributed by atoms with van der Waals surface area (Å²) < 4.78 is 6.80. The Labute approximate surface area is 117 Å². The van der Waals surface area contributed by atoms with Gasteiger partial charge in [0.1, 0.15) is 17.1 Å². The average molecular weight is 277 g/mol. The van der Waals surface area contributed by atoms with Gasteiger partial charge in [-0.25, -0.2) is 0 Å². The number of carbonyl (C=O) groups excluding carboxylic acids is 1. The summed E-state index contributed by atoms with van der Waals surface area (Å²) in [6, 6.07) is 5.09. The zero-order valence-electron chi connectivity index (χ0n) is 11.9. The van der Waals surface area contributed by atoms with E-state index in [-0.39, 0.29) is 12.5 Å². The molecular formula is C14H19N3O3. The molecule has 2 aromatic heterocycles. The van der Waals surface area contributed by atoms with E-state index in [4.69, 9.17) is 4.42 Å². The van der Waals surface area contributed by atoms with Crippen LogP contribution in [-0.2, 0) is 12.1 Å². The number of hydrogen-bond acceptors (Lipinski definition) is 4. The summed E-state index contributed by atoms with van der Waals surface area (Å²) in [5.74, 6) is 0.150. The Morgan fingerprint density at radius 3 is 2.95 bits per heavy atom. The van der Waals surface area contributed by atoms with E-state index in [0.717, 1.165) is 5.69 Å². The summed E-state index contributed by atoms with van der Waals surface area (Å²) in [5.41, 5.74) is 0.0284. The van der Waals surface area contributed by atoms with Crippen molar-refractivity contribution in [3.05, 3.63) is 41.6 Å². The van der Waals surface area contributed by atoms with Crippen molar-refractivity contribution in [2.45, 2.75) is 32.9 Å². The van der Waals surface area contributed by atoms with Gasteiger partial charge in [-0.05, 0) is 39.0 Å². The number of furan rings is 1. The van der Waals surface area contributed by atoms with Crippen LogP contribution < -0.4 is 5.32 Å². The highest BCUT2D eigenvalue weighted by Crippen LogP contribution is 2.19. The monoisotopic (exact) mass is 277 g/mol. The van der Waals surface area contributed by atoms with Crippen LogP contribution in [0.3, 0.4) is 0 Å². The molecule has 2 rings (SSSR count). The molecule has 2 heterocycles. The first-order valence-corrected chi connectivity index (χ1v) is 6.53. The maximum atomic E-state index is 12.1. The number of hydrogen-bond donors (Lipinski definition) is 2. The van der Waals surface area contributed by atoms with Crippen LogP contribution >= 0.6 is 0 Å². The molecule has 20 heavy (non-hydrogen) atoms. The number of amides is 1. The van der Waals surface area contributed by atoms with Gasteiger partial charge in [0.25, 0.3) is 5.91 Å². The van der Waals surface area contributed by atoms with E-state index in [9.17, 15) is 9.90 Å². The Morgan fingerprint density at radius 2 is 2.35 bits per heavy atom. The zero-order valence-corrected chi connectivity index (χ0v) is 11.9. The van der Waals surface area contributed by atoms with Crippen LogP contribution in [-0.4, -0.2) is 27.3 Å². The molecule has 108 valence electrons. The highest BCUT2D eigenvalue weighted by atomic mass is 16.4.